The van der Waals surface area contributed by atoms with Crippen LogP contribution in [0.25, 0.3) is 0 Å². The van der Waals surface area contributed by atoms with E-state index in [0.29, 0.717) is 19.4 Å². The van der Waals surface area contributed by atoms with E-state index in [1.54, 1.807) is 0 Å². The summed E-state index contributed by atoms with van der Waals surface area (Å²) in [6, 6.07) is 6.43. The summed E-state index contributed by atoms with van der Waals surface area (Å²) in [6.45, 7) is 4.85. The van der Waals surface area contributed by atoms with Gasteiger partial charge in [0.15, 0.2) is 0 Å². The summed E-state index contributed by atoms with van der Waals surface area (Å²) in [5.74, 6) is 0.172. The molecule has 0 saturated carbocycles. The Balaban J connectivity index is 1.82. The molecular formula is C16H23N3O2. The molecule has 0 unspecified atom stereocenters. The molecule has 21 heavy (non-hydrogen) atoms. The first kappa shape index (κ1) is 14.4. The number of piperazine rings is 1. The third kappa shape index (κ3) is 3.04. The molecule has 2 aliphatic rings. The van der Waals surface area contributed by atoms with E-state index in [-0.39, 0.29) is 12.5 Å². The summed E-state index contributed by atoms with van der Waals surface area (Å²) in [5.41, 5.74) is 3.54. The van der Waals surface area contributed by atoms with Gasteiger partial charge in [-0.1, -0.05) is 0 Å². The molecule has 5 heteroatoms. The lowest BCUT2D eigenvalue weighted by Crippen LogP contribution is -2.43. The number of aliphatic hydroxyl groups is 1. The van der Waals surface area contributed by atoms with E-state index in [0.717, 1.165) is 38.3 Å². The molecule has 1 amide bonds. The minimum atomic E-state index is 0.123. The van der Waals surface area contributed by atoms with Crippen LogP contribution in [0.2, 0.25) is 0 Å². The zero-order valence-corrected chi connectivity index (χ0v) is 12.3. The van der Waals surface area contributed by atoms with Gasteiger partial charge < -0.3 is 20.2 Å². The first-order valence-electron chi connectivity index (χ1n) is 7.79. The predicted octanol–water partition coefficient (Wildman–Crippen LogP) is 0.758. The normalized spacial score (nSPS) is 18.8. The van der Waals surface area contributed by atoms with E-state index < -0.39 is 0 Å². The van der Waals surface area contributed by atoms with E-state index in [1.807, 2.05) is 4.90 Å². The van der Waals surface area contributed by atoms with Gasteiger partial charge in [0.2, 0.25) is 5.91 Å². The lowest BCUT2D eigenvalue weighted by Gasteiger charge is -2.33. The van der Waals surface area contributed by atoms with Crippen LogP contribution in [0.3, 0.4) is 0 Å². The predicted molar refractivity (Wildman–Crippen MR) is 83.9 cm³/mol. The van der Waals surface area contributed by atoms with Gasteiger partial charge in [0.1, 0.15) is 0 Å². The molecule has 1 fully saturated rings. The van der Waals surface area contributed by atoms with Crippen molar-refractivity contribution >= 4 is 17.3 Å². The van der Waals surface area contributed by atoms with Gasteiger partial charge in [0.25, 0.3) is 0 Å². The first-order valence-corrected chi connectivity index (χ1v) is 7.79. The van der Waals surface area contributed by atoms with Gasteiger partial charge in [-0.15, -0.1) is 0 Å². The van der Waals surface area contributed by atoms with Crippen molar-refractivity contribution in [1.82, 2.24) is 5.32 Å². The maximum absolute atomic E-state index is 12.1. The number of aliphatic hydroxyl groups excluding tert-OH is 1. The maximum Gasteiger partial charge on any atom is 0.227 e. The first-order chi connectivity index (χ1) is 10.3. The smallest absolute Gasteiger partial charge is 0.227 e. The molecule has 0 radical (unpaired) electrons. The van der Waals surface area contributed by atoms with E-state index in [4.69, 9.17) is 5.11 Å². The Morgan fingerprint density at radius 2 is 2.00 bits per heavy atom. The van der Waals surface area contributed by atoms with Gasteiger partial charge in [-0.2, -0.15) is 0 Å². The fourth-order valence-corrected chi connectivity index (χ4v) is 3.14. The third-order valence-corrected chi connectivity index (χ3v) is 4.29. The van der Waals surface area contributed by atoms with Gasteiger partial charge in [0.05, 0.1) is 0 Å². The van der Waals surface area contributed by atoms with Crippen LogP contribution < -0.4 is 15.1 Å². The molecule has 114 valence electrons. The van der Waals surface area contributed by atoms with E-state index >= 15 is 0 Å². The number of hydrogen-bond donors (Lipinski definition) is 2. The Morgan fingerprint density at radius 3 is 2.76 bits per heavy atom. The molecule has 5 nitrogen and oxygen atoms in total. The van der Waals surface area contributed by atoms with Crippen LogP contribution in [0.1, 0.15) is 18.4 Å². The van der Waals surface area contributed by atoms with Crippen molar-refractivity contribution in [3.05, 3.63) is 23.8 Å². The van der Waals surface area contributed by atoms with Crippen LogP contribution in [0.4, 0.5) is 11.4 Å². The summed E-state index contributed by atoms with van der Waals surface area (Å²) < 4.78 is 0. The highest BCUT2D eigenvalue weighted by Gasteiger charge is 2.24. The fraction of sp³-hybridized carbons (Fsp3) is 0.562. The zero-order valence-electron chi connectivity index (χ0n) is 12.3. The number of rotatable bonds is 4. The van der Waals surface area contributed by atoms with E-state index in [1.165, 1.54) is 11.3 Å². The molecule has 0 aliphatic carbocycles. The van der Waals surface area contributed by atoms with Crippen LogP contribution in [-0.4, -0.2) is 50.3 Å². The molecule has 2 N–H and O–H groups in total. The van der Waals surface area contributed by atoms with Crippen LogP contribution in [0.15, 0.2) is 18.2 Å². The Labute approximate surface area is 125 Å². The highest BCUT2D eigenvalue weighted by Crippen LogP contribution is 2.31. The van der Waals surface area contributed by atoms with Crippen LogP contribution >= 0.6 is 0 Å². The second kappa shape index (κ2) is 6.45. The molecule has 3 rings (SSSR count). The highest BCUT2D eigenvalue weighted by molar-refractivity contribution is 5.96. The van der Waals surface area contributed by atoms with Crippen molar-refractivity contribution in [2.75, 3.05) is 49.1 Å². The Hall–Kier alpha value is -1.59. The Kier molecular flexibility index (Phi) is 4.41. The van der Waals surface area contributed by atoms with Crippen LogP contribution in [0, 0.1) is 0 Å². The summed E-state index contributed by atoms with van der Waals surface area (Å²) in [5, 5.41) is 12.4. The van der Waals surface area contributed by atoms with Crippen molar-refractivity contribution in [3.63, 3.8) is 0 Å². The van der Waals surface area contributed by atoms with Crippen LogP contribution in [-0.2, 0) is 11.2 Å². The molecule has 1 aromatic carbocycles. The molecule has 1 aromatic rings. The SMILES string of the molecule is O=C1CCc2cc(N3CCNCC3)ccc2N1CCCO. The van der Waals surface area contributed by atoms with Crippen molar-refractivity contribution in [3.8, 4) is 0 Å². The van der Waals surface area contributed by atoms with Crippen molar-refractivity contribution in [1.29, 1.82) is 0 Å². The zero-order chi connectivity index (χ0) is 14.7. The number of anilines is 2. The topological polar surface area (TPSA) is 55.8 Å². The second-order valence-corrected chi connectivity index (χ2v) is 5.67. The number of nitrogens with one attached hydrogen (secondary N) is 1. The van der Waals surface area contributed by atoms with E-state index in [2.05, 4.69) is 28.4 Å². The molecule has 1 saturated heterocycles. The third-order valence-electron chi connectivity index (χ3n) is 4.29. The molecule has 2 aliphatic heterocycles. The molecular weight excluding hydrogens is 266 g/mol. The number of aryl methyl sites for hydroxylation is 1. The number of nitrogens with zero attached hydrogens (tertiary/aromatic N) is 2. The molecule has 0 bridgehead atoms. The number of amides is 1. The number of benzene rings is 1. The Morgan fingerprint density at radius 1 is 1.19 bits per heavy atom. The Bertz CT molecular complexity index is 512. The van der Waals surface area contributed by atoms with Crippen molar-refractivity contribution < 1.29 is 9.90 Å². The fourth-order valence-electron chi connectivity index (χ4n) is 3.14. The summed E-state index contributed by atoms with van der Waals surface area (Å²) >= 11 is 0. The summed E-state index contributed by atoms with van der Waals surface area (Å²) in [4.78, 5) is 16.3. The minimum Gasteiger partial charge on any atom is -0.396 e. The lowest BCUT2D eigenvalue weighted by atomic mass is 9.99. The highest BCUT2D eigenvalue weighted by atomic mass is 16.3. The molecule has 0 aromatic heterocycles. The lowest BCUT2D eigenvalue weighted by molar-refractivity contribution is -0.118. The van der Waals surface area contributed by atoms with Gasteiger partial charge in [-0.05, 0) is 36.6 Å². The van der Waals surface area contributed by atoms with Crippen molar-refractivity contribution in [2.45, 2.75) is 19.3 Å². The average Bonchev–Trinajstić information content (AvgIpc) is 2.54. The largest absolute Gasteiger partial charge is 0.396 e. The number of carbonyl (C=O) groups excluding carboxylic acids is 1. The average molecular weight is 289 g/mol. The van der Waals surface area contributed by atoms with Gasteiger partial charge in [-0.3, -0.25) is 4.79 Å². The summed E-state index contributed by atoms with van der Waals surface area (Å²) in [7, 11) is 0. The molecule has 0 spiro atoms. The summed E-state index contributed by atoms with van der Waals surface area (Å²) in [6.07, 6.45) is 2.03. The minimum absolute atomic E-state index is 0.123. The van der Waals surface area contributed by atoms with Gasteiger partial charge in [-0.25, -0.2) is 0 Å². The van der Waals surface area contributed by atoms with Gasteiger partial charge >= 0.3 is 0 Å². The van der Waals surface area contributed by atoms with Gasteiger partial charge in [0, 0.05) is 57.1 Å². The number of hydrogen-bond acceptors (Lipinski definition) is 4. The standard InChI is InChI=1S/C16H23N3O2/c20-11-1-8-19-15-4-3-14(18-9-6-17-7-10-18)12-13(15)2-5-16(19)21/h3-4,12,17,20H,1-2,5-11H2. The number of carbonyl (C=O) groups is 1. The van der Waals surface area contributed by atoms with E-state index in [9.17, 15) is 4.79 Å². The quantitative estimate of drug-likeness (QED) is 0.859. The molecule has 2 heterocycles. The van der Waals surface area contributed by atoms with Crippen molar-refractivity contribution in [2.24, 2.45) is 0 Å². The molecule has 0 atom stereocenters. The van der Waals surface area contributed by atoms with Crippen LogP contribution in [0.5, 0.6) is 0 Å². The monoisotopic (exact) mass is 289 g/mol. The second-order valence-electron chi connectivity index (χ2n) is 5.67. The maximum atomic E-state index is 12.1. The number of fused-ring (bicyclic) bond motifs is 1.